The van der Waals surface area contributed by atoms with Crippen molar-refractivity contribution in [1.29, 1.82) is 10.8 Å². The van der Waals surface area contributed by atoms with Crippen molar-refractivity contribution < 1.29 is 14.7 Å². The molecule has 0 heterocycles. The van der Waals surface area contributed by atoms with Gasteiger partial charge in [0, 0.05) is 6.61 Å². The van der Waals surface area contributed by atoms with E-state index < -0.39 is 0 Å². The van der Waals surface area contributed by atoms with E-state index in [0.29, 0.717) is 0 Å². The van der Waals surface area contributed by atoms with Gasteiger partial charge in [-0.3, -0.25) is 0 Å². The van der Waals surface area contributed by atoms with Crippen molar-refractivity contribution in [3.05, 3.63) is 34.9 Å². The summed E-state index contributed by atoms with van der Waals surface area (Å²) in [4.78, 5) is 16.7. The summed E-state index contributed by atoms with van der Waals surface area (Å²) in [7, 11) is 0. The topological polar surface area (TPSA) is 102 Å². The normalized spacial score (nSPS) is 7.25. The van der Waals surface area contributed by atoms with Gasteiger partial charge in [-0.05, 0) is 43.4 Å². The van der Waals surface area contributed by atoms with E-state index in [1.807, 2.05) is 0 Å². The van der Waals surface area contributed by atoms with Crippen molar-refractivity contribution in [3.63, 3.8) is 0 Å². The van der Waals surface area contributed by atoms with Gasteiger partial charge >= 0.3 is 0 Å². The molecule has 20 heavy (non-hydrogen) atoms. The number of isocyanates is 2. The molecule has 1 aromatic rings. The predicted octanol–water partition coefficient (Wildman–Crippen LogP) is 2.92. The summed E-state index contributed by atoms with van der Waals surface area (Å²) in [5, 5.41) is 18.4. The molecule has 3 N–H and O–H groups in total. The van der Waals surface area contributed by atoms with Crippen molar-refractivity contribution in [2.24, 2.45) is 0 Å². The Hall–Kier alpha value is -2.06. The Balaban J connectivity index is -0.000000268. The van der Waals surface area contributed by atoms with Crippen LogP contribution < -0.4 is 0 Å². The second-order valence-corrected chi connectivity index (χ2v) is 3.44. The minimum absolute atomic E-state index is 0.250. The number of hydrogen-bond acceptors (Lipinski definition) is 5. The first-order valence-corrected chi connectivity index (χ1v) is 6.30. The molecule has 0 saturated heterocycles. The van der Waals surface area contributed by atoms with Crippen LogP contribution in [0.3, 0.4) is 0 Å². The quantitative estimate of drug-likeness (QED) is 0.573. The van der Waals surface area contributed by atoms with Crippen molar-refractivity contribution in [2.45, 2.75) is 40.5 Å². The van der Waals surface area contributed by atoms with Gasteiger partial charge in [0.25, 0.3) is 0 Å². The van der Waals surface area contributed by atoms with Gasteiger partial charge < -0.3 is 5.11 Å². The van der Waals surface area contributed by atoms with Crippen LogP contribution in [0.15, 0.2) is 18.2 Å². The Morgan fingerprint density at radius 2 is 1.45 bits per heavy atom. The van der Waals surface area contributed by atoms with E-state index in [2.05, 4.69) is 39.0 Å². The Morgan fingerprint density at radius 1 is 1.05 bits per heavy atom. The first-order valence-electron chi connectivity index (χ1n) is 6.30. The highest BCUT2D eigenvalue weighted by Gasteiger charge is 1.99. The van der Waals surface area contributed by atoms with Crippen LogP contribution in [-0.2, 0) is 22.4 Å². The monoisotopic (exact) mass is 280 g/mol. The number of aliphatic hydroxyl groups is 1. The molecule has 5 heteroatoms. The second kappa shape index (κ2) is 19.3. The third kappa shape index (κ3) is 14.0. The molecule has 1 aromatic carbocycles. The molecule has 112 valence electrons. The summed E-state index contributed by atoms with van der Waals surface area (Å²) >= 11 is 0. The van der Waals surface area contributed by atoms with Crippen molar-refractivity contribution in [2.75, 3.05) is 6.61 Å². The highest BCUT2D eigenvalue weighted by Crippen LogP contribution is 2.14. The molecule has 5 nitrogen and oxygen atoms in total. The van der Waals surface area contributed by atoms with E-state index in [9.17, 15) is 0 Å². The Kier molecular flexibility index (Phi) is 22.2. The fraction of sp³-hybridized carbons (Fsp3) is 0.467. The van der Waals surface area contributed by atoms with Gasteiger partial charge in [0.2, 0.25) is 12.2 Å². The average molecular weight is 280 g/mol. The zero-order valence-electron chi connectivity index (χ0n) is 12.6. The van der Waals surface area contributed by atoms with Crippen LogP contribution in [0.2, 0.25) is 0 Å². The van der Waals surface area contributed by atoms with Gasteiger partial charge in [0.05, 0.1) is 0 Å². The molecule has 0 saturated carbocycles. The average Bonchev–Trinajstić information content (AvgIpc) is 2.41. The number of benzene rings is 1. The molecule has 0 amide bonds. The van der Waals surface area contributed by atoms with E-state index in [1.54, 1.807) is 6.92 Å². The van der Waals surface area contributed by atoms with Crippen LogP contribution in [0.1, 0.15) is 37.5 Å². The van der Waals surface area contributed by atoms with E-state index in [4.69, 9.17) is 25.5 Å². The van der Waals surface area contributed by atoms with Gasteiger partial charge in [-0.2, -0.15) is 0 Å². The van der Waals surface area contributed by atoms with Crippen LogP contribution >= 0.6 is 0 Å². The SMILES string of the molecule is CCO.CCc1cccc(C)c1CC.N=C=O.N=C=O. The highest BCUT2D eigenvalue weighted by molar-refractivity contribution is 5.34. The van der Waals surface area contributed by atoms with Gasteiger partial charge in [-0.25, -0.2) is 20.4 Å². The van der Waals surface area contributed by atoms with Crippen molar-refractivity contribution >= 4 is 12.2 Å². The molecule has 0 spiro atoms. The summed E-state index contributed by atoms with van der Waals surface area (Å²) in [6.07, 6.45) is 3.82. The smallest absolute Gasteiger partial charge is 0.231 e. The van der Waals surface area contributed by atoms with Gasteiger partial charge in [0.15, 0.2) is 0 Å². The van der Waals surface area contributed by atoms with E-state index >= 15 is 0 Å². The molecular formula is C15H24N2O3. The first kappa shape index (κ1) is 23.1. The number of hydrogen-bond donors (Lipinski definition) is 3. The third-order valence-corrected chi connectivity index (χ3v) is 2.24. The molecule has 0 aliphatic rings. The van der Waals surface area contributed by atoms with Gasteiger partial charge in [-0.15, -0.1) is 0 Å². The van der Waals surface area contributed by atoms with Gasteiger partial charge in [-0.1, -0.05) is 32.0 Å². The van der Waals surface area contributed by atoms with Crippen LogP contribution in [0.25, 0.3) is 0 Å². The molecule has 1 rings (SSSR count). The molecule has 0 aliphatic carbocycles. The summed E-state index contributed by atoms with van der Waals surface area (Å²) in [6.45, 7) is 8.56. The minimum Gasteiger partial charge on any atom is -0.397 e. The summed E-state index contributed by atoms with van der Waals surface area (Å²) in [5.41, 5.74) is 4.48. The largest absolute Gasteiger partial charge is 0.397 e. The fourth-order valence-electron chi connectivity index (χ4n) is 1.60. The Morgan fingerprint density at radius 3 is 1.70 bits per heavy atom. The van der Waals surface area contributed by atoms with E-state index in [0.717, 1.165) is 25.0 Å². The molecule has 0 atom stereocenters. The van der Waals surface area contributed by atoms with Crippen LogP contribution in [-0.4, -0.2) is 23.9 Å². The maximum atomic E-state index is 8.35. The van der Waals surface area contributed by atoms with E-state index in [1.165, 1.54) is 16.7 Å². The molecule has 0 bridgehead atoms. The second-order valence-electron chi connectivity index (χ2n) is 3.44. The maximum Gasteiger partial charge on any atom is 0.231 e. The molecule has 0 unspecified atom stereocenters. The lowest BCUT2D eigenvalue weighted by atomic mass is 9.98. The number of aryl methyl sites for hydroxylation is 2. The standard InChI is InChI=1S/C11H16.C2H6O.2CHNO/c1-4-10-8-6-7-9(3)11(10)5-2;1-2-3;2*2-1-3/h6-8H,4-5H2,1-3H3;3H,2H2,1H3;2*2H. The number of nitrogens with one attached hydrogen (secondary N) is 2. The van der Waals surface area contributed by atoms with E-state index in [-0.39, 0.29) is 6.61 Å². The fourth-order valence-corrected chi connectivity index (χ4v) is 1.60. The number of aliphatic hydroxyl groups excluding tert-OH is 1. The predicted molar refractivity (Wildman–Crippen MR) is 79.5 cm³/mol. The third-order valence-electron chi connectivity index (χ3n) is 2.24. The summed E-state index contributed by atoms with van der Waals surface area (Å²) in [5.74, 6) is 0. The highest BCUT2D eigenvalue weighted by atomic mass is 16.2. The first-order chi connectivity index (χ1) is 9.53. The maximum absolute atomic E-state index is 8.35. The molecule has 0 fully saturated rings. The lowest BCUT2D eigenvalue weighted by Crippen LogP contribution is -1.93. The van der Waals surface area contributed by atoms with Crippen molar-refractivity contribution in [1.82, 2.24) is 0 Å². The van der Waals surface area contributed by atoms with Crippen LogP contribution in [0.4, 0.5) is 0 Å². The summed E-state index contributed by atoms with van der Waals surface area (Å²) < 4.78 is 0. The Bertz CT molecular complexity index is 394. The lowest BCUT2D eigenvalue weighted by Gasteiger charge is -2.07. The van der Waals surface area contributed by atoms with Gasteiger partial charge in [0.1, 0.15) is 0 Å². The number of carbonyl (C=O) groups excluding carboxylic acids is 2. The number of rotatable bonds is 2. The lowest BCUT2D eigenvalue weighted by molar-refractivity contribution is 0.318. The molecule has 0 aromatic heterocycles. The molecular weight excluding hydrogens is 256 g/mol. The van der Waals surface area contributed by atoms with Crippen molar-refractivity contribution in [3.8, 4) is 0 Å². The molecule has 0 aliphatic heterocycles. The minimum atomic E-state index is 0.250. The zero-order valence-corrected chi connectivity index (χ0v) is 12.6. The Labute approximate surface area is 120 Å². The summed E-state index contributed by atoms with van der Waals surface area (Å²) in [6, 6.07) is 6.57. The van der Waals surface area contributed by atoms with Crippen LogP contribution in [0.5, 0.6) is 0 Å². The van der Waals surface area contributed by atoms with Crippen LogP contribution in [0, 0.1) is 17.7 Å². The molecule has 0 radical (unpaired) electrons. The zero-order chi connectivity index (χ0) is 16.4.